The first-order valence-corrected chi connectivity index (χ1v) is 4.69. The van der Waals surface area contributed by atoms with E-state index in [9.17, 15) is 0 Å². The molecule has 0 saturated heterocycles. The van der Waals surface area contributed by atoms with Gasteiger partial charge in [-0.15, -0.1) is 0 Å². The minimum atomic E-state index is 0.237. The van der Waals surface area contributed by atoms with E-state index in [4.69, 9.17) is 35.0 Å². The van der Waals surface area contributed by atoms with Gasteiger partial charge in [0.2, 0.25) is 0 Å². The van der Waals surface area contributed by atoms with Crippen LogP contribution in [0.3, 0.4) is 0 Å². The monoisotopic (exact) mass is 224 g/mol. The van der Waals surface area contributed by atoms with Crippen molar-refractivity contribution in [3.05, 3.63) is 38.7 Å². The fraction of sp³-hybridized carbons (Fsp3) is 0.200. The summed E-state index contributed by atoms with van der Waals surface area (Å²) in [4.78, 5) is 3.31. The molecule has 0 atom stereocenters. The second-order valence-corrected chi connectivity index (χ2v) is 3.41. The van der Waals surface area contributed by atoms with Crippen molar-refractivity contribution in [1.82, 2.24) is 0 Å². The molecular formula is C10H6Cl2N2. The van der Waals surface area contributed by atoms with Crippen LogP contribution in [0.1, 0.15) is 18.1 Å². The second kappa shape index (κ2) is 4.33. The Morgan fingerprint density at radius 2 is 2.21 bits per heavy atom. The number of benzene rings is 1. The van der Waals surface area contributed by atoms with Gasteiger partial charge in [0.05, 0.1) is 17.2 Å². The molecule has 0 aromatic heterocycles. The summed E-state index contributed by atoms with van der Waals surface area (Å²) >= 11 is 11.7. The van der Waals surface area contributed by atoms with Gasteiger partial charge in [-0.25, -0.2) is 4.85 Å². The van der Waals surface area contributed by atoms with E-state index in [1.54, 1.807) is 0 Å². The van der Waals surface area contributed by atoms with Gasteiger partial charge in [-0.1, -0.05) is 30.1 Å². The molecule has 0 unspecified atom stereocenters. The lowest BCUT2D eigenvalue weighted by molar-refractivity contribution is 1.14. The molecule has 70 valence electrons. The number of halogens is 2. The normalized spacial score (nSPS) is 9.21. The molecule has 0 heterocycles. The molecule has 0 amide bonds. The van der Waals surface area contributed by atoms with Crippen LogP contribution in [0.25, 0.3) is 4.85 Å². The van der Waals surface area contributed by atoms with Crippen LogP contribution in [0.4, 0.5) is 5.69 Å². The van der Waals surface area contributed by atoms with Gasteiger partial charge in [0, 0.05) is 5.02 Å². The van der Waals surface area contributed by atoms with E-state index in [1.807, 2.05) is 13.0 Å². The van der Waals surface area contributed by atoms with Gasteiger partial charge in [-0.3, -0.25) is 0 Å². The van der Waals surface area contributed by atoms with E-state index < -0.39 is 0 Å². The predicted molar refractivity (Wildman–Crippen MR) is 56.8 cm³/mol. The van der Waals surface area contributed by atoms with Gasteiger partial charge in [0.25, 0.3) is 0 Å². The Balaban J connectivity index is 3.60. The van der Waals surface area contributed by atoms with Crippen molar-refractivity contribution in [2.75, 3.05) is 0 Å². The van der Waals surface area contributed by atoms with E-state index in [2.05, 4.69) is 4.85 Å². The first-order chi connectivity index (χ1) is 6.65. The van der Waals surface area contributed by atoms with E-state index in [0.717, 1.165) is 0 Å². The van der Waals surface area contributed by atoms with Crippen molar-refractivity contribution in [3.8, 4) is 6.07 Å². The molecule has 0 radical (unpaired) electrons. The van der Waals surface area contributed by atoms with Crippen molar-refractivity contribution in [2.45, 2.75) is 13.3 Å². The molecule has 0 bridgehead atoms. The Kier molecular flexibility index (Phi) is 3.36. The van der Waals surface area contributed by atoms with Gasteiger partial charge in [-0.05, 0) is 18.1 Å². The first kappa shape index (κ1) is 10.9. The molecule has 0 aliphatic carbocycles. The molecule has 0 N–H and O–H groups in total. The fourth-order valence-corrected chi connectivity index (χ4v) is 1.85. The van der Waals surface area contributed by atoms with Gasteiger partial charge >= 0.3 is 0 Å². The van der Waals surface area contributed by atoms with E-state index in [1.165, 1.54) is 6.07 Å². The highest BCUT2D eigenvalue weighted by atomic mass is 35.5. The maximum absolute atomic E-state index is 8.79. The summed E-state index contributed by atoms with van der Waals surface area (Å²) < 4.78 is 0. The van der Waals surface area contributed by atoms with Gasteiger partial charge < -0.3 is 0 Å². The SMILES string of the molecule is [C-]#[N+]c1cc(Cl)c(C#N)c(Cl)c1CC. The largest absolute Gasteiger partial charge is 0.238 e. The van der Waals surface area contributed by atoms with Crippen molar-refractivity contribution in [2.24, 2.45) is 0 Å². The summed E-state index contributed by atoms with van der Waals surface area (Å²) in [6.07, 6.45) is 0.613. The van der Waals surface area contributed by atoms with E-state index in [0.29, 0.717) is 22.7 Å². The molecule has 2 nitrogen and oxygen atoms in total. The third kappa shape index (κ3) is 1.68. The number of hydrogen-bond donors (Lipinski definition) is 0. The Hall–Kier alpha value is -1.22. The molecule has 0 aliphatic rings. The zero-order valence-corrected chi connectivity index (χ0v) is 8.95. The van der Waals surface area contributed by atoms with Crippen molar-refractivity contribution in [1.29, 1.82) is 5.26 Å². The number of hydrogen-bond acceptors (Lipinski definition) is 1. The minimum absolute atomic E-state index is 0.237. The number of rotatable bonds is 1. The van der Waals surface area contributed by atoms with Gasteiger partial charge in [0.15, 0.2) is 5.69 Å². The molecule has 0 aliphatic heterocycles. The minimum Gasteiger partial charge on any atom is -0.238 e. The third-order valence-electron chi connectivity index (χ3n) is 1.88. The first-order valence-electron chi connectivity index (χ1n) is 3.94. The van der Waals surface area contributed by atoms with Crippen LogP contribution in [0.15, 0.2) is 6.07 Å². The molecule has 1 rings (SSSR count). The average molecular weight is 225 g/mol. The smallest absolute Gasteiger partial charge is 0.193 e. The number of nitriles is 1. The topological polar surface area (TPSA) is 28.1 Å². The number of nitrogens with zero attached hydrogens (tertiary/aromatic N) is 2. The van der Waals surface area contributed by atoms with Crippen LogP contribution in [0, 0.1) is 17.9 Å². The second-order valence-electron chi connectivity index (χ2n) is 2.62. The molecule has 14 heavy (non-hydrogen) atoms. The Morgan fingerprint density at radius 3 is 2.64 bits per heavy atom. The Labute approximate surface area is 92.5 Å². The van der Waals surface area contributed by atoms with Crippen LogP contribution in [-0.2, 0) is 6.42 Å². The van der Waals surface area contributed by atoms with Crippen molar-refractivity contribution in [3.63, 3.8) is 0 Å². The van der Waals surface area contributed by atoms with Gasteiger partial charge in [0.1, 0.15) is 6.07 Å². The summed E-state index contributed by atoms with van der Waals surface area (Å²) in [5, 5.41) is 9.32. The van der Waals surface area contributed by atoms with Crippen LogP contribution in [0.2, 0.25) is 10.0 Å². The summed E-state index contributed by atoms with van der Waals surface area (Å²) in [5.74, 6) is 0. The third-order valence-corrected chi connectivity index (χ3v) is 2.60. The average Bonchev–Trinajstić information content (AvgIpc) is 2.17. The molecule has 0 spiro atoms. The highest BCUT2D eigenvalue weighted by Gasteiger charge is 2.13. The van der Waals surface area contributed by atoms with E-state index >= 15 is 0 Å². The van der Waals surface area contributed by atoms with Gasteiger partial charge in [-0.2, -0.15) is 5.26 Å². The van der Waals surface area contributed by atoms with Crippen LogP contribution in [0.5, 0.6) is 0 Å². The zero-order chi connectivity index (χ0) is 10.7. The summed E-state index contributed by atoms with van der Waals surface area (Å²) in [6.45, 7) is 8.81. The Bertz CT molecular complexity index is 453. The van der Waals surface area contributed by atoms with Crippen molar-refractivity contribution < 1.29 is 0 Å². The fourth-order valence-electron chi connectivity index (χ4n) is 1.19. The highest BCUT2D eigenvalue weighted by Crippen LogP contribution is 2.35. The molecule has 0 saturated carbocycles. The zero-order valence-electron chi connectivity index (χ0n) is 7.43. The summed E-state index contributed by atoms with van der Waals surface area (Å²) in [6, 6.07) is 3.41. The Morgan fingerprint density at radius 1 is 1.57 bits per heavy atom. The quantitative estimate of drug-likeness (QED) is 0.664. The van der Waals surface area contributed by atoms with E-state index in [-0.39, 0.29) is 10.6 Å². The summed E-state index contributed by atoms with van der Waals surface area (Å²) in [5.41, 5.74) is 1.35. The van der Waals surface area contributed by atoms with Crippen LogP contribution >= 0.6 is 23.2 Å². The molecule has 1 aromatic carbocycles. The molecule has 4 heteroatoms. The lowest BCUT2D eigenvalue weighted by Crippen LogP contribution is -1.88. The molecule has 1 aromatic rings. The van der Waals surface area contributed by atoms with Crippen LogP contribution < -0.4 is 0 Å². The lowest BCUT2D eigenvalue weighted by Gasteiger charge is -2.06. The lowest BCUT2D eigenvalue weighted by atomic mass is 10.1. The van der Waals surface area contributed by atoms with Crippen molar-refractivity contribution >= 4 is 28.9 Å². The summed E-state index contributed by atoms with van der Waals surface area (Å²) in [7, 11) is 0. The molecular weight excluding hydrogens is 219 g/mol. The maximum atomic E-state index is 8.79. The maximum Gasteiger partial charge on any atom is 0.193 e. The standard InChI is InChI=1S/C10H6Cl2N2/c1-3-6-9(14-2)4-8(11)7(5-13)10(6)12/h4H,3H2,1H3. The predicted octanol–water partition coefficient (Wildman–Crippen LogP) is 3.98. The molecule has 0 fully saturated rings. The van der Waals surface area contributed by atoms with Crippen LogP contribution in [-0.4, -0.2) is 0 Å². The highest BCUT2D eigenvalue weighted by molar-refractivity contribution is 6.37.